The Balaban J connectivity index is 1.77. The van der Waals surface area contributed by atoms with Gasteiger partial charge in [-0.1, -0.05) is 29.8 Å². The van der Waals surface area contributed by atoms with Gasteiger partial charge in [-0.15, -0.1) is 0 Å². The first-order valence-electron chi connectivity index (χ1n) is 9.72. The molecule has 0 aromatic heterocycles. The minimum absolute atomic E-state index is 0.0581. The van der Waals surface area contributed by atoms with Gasteiger partial charge < -0.3 is 19.9 Å². The minimum atomic E-state index is -4.02. The normalized spacial score (nSPS) is 12.0. The van der Waals surface area contributed by atoms with Gasteiger partial charge in [0.25, 0.3) is 15.9 Å². The van der Waals surface area contributed by atoms with E-state index >= 15 is 0 Å². The number of aromatic hydroxyl groups is 1. The summed E-state index contributed by atoms with van der Waals surface area (Å²) in [7, 11) is -2.59. The number of aryl methyl sites for hydroxylation is 1. The molecule has 0 aliphatic heterocycles. The van der Waals surface area contributed by atoms with Gasteiger partial charge in [-0.05, 0) is 56.3 Å². The van der Waals surface area contributed by atoms with Crippen LogP contribution in [0.1, 0.15) is 12.5 Å². The van der Waals surface area contributed by atoms with Crippen LogP contribution in [-0.4, -0.2) is 32.6 Å². The summed E-state index contributed by atoms with van der Waals surface area (Å²) in [4.78, 5) is 12.4. The average molecular weight is 457 g/mol. The van der Waals surface area contributed by atoms with E-state index in [9.17, 15) is 18.3 Å². The van der Waals surface area contributed by atoms with Crippen molar-refractivity contribution >= 4 is 27.3 Å². The third-order valence-corrected chi connectivity index (χ3v) is 5.95. The molecule has 0 aliphatic rings. The Morgan fingerprint density at radius 3 is 2.38 bits per heavy atom. The highest BCUT2D eigenvalue weighted by molar-refractivity contribution is 7.92. The van der Waals surface area contributed by atoms with Crippen molar-refractivity contribution in [3.63, 3.8) is 0 Å². The quantitative estimate of drug-likeness (QED) is 0.443. The molecule has 3 aromatic carbocycles. The van der Waals surface area contributed by atoms with Crippen LogP contribution in [0.5, 0.6) is 17.2 Å². The van der Waals surface area contributed by atoms with Gasteiger partial charge in [-0.2, -0.15) is 0 Å². The molecule has 0 fully saturated rings. The average Bonchev–Trinajstić information content (AvgIpc) is 2.76. The van der Waals surface area contributed by atoms with Crippen molar-refractivity contribution in [3.8, 4) is 17.2 Å². The molecule has 3 N–H and O–H groups in total. The van der Waals surface area contributed by atoms with Crippen molar-refractivity contribution in [2.24, 2.45) is 0 Å². The first-order valence-corrected chi connectivity index (χ1v) is 11.2. The lowest BCUT2D eigenvalue weighted by Crippen LogP contribution is -2.30. The zero-order valence-electron chi connectivity index (χ0n) is 17.8. The fourth-order valence-electron chi connectivity index (χ4n) is 2.82. The van der Waals surface area contributed by atoms with E-state index in [1.54, 1.807) is 43.3 Å². The summed E-state index contributed by atoms with van der Waals surface area (Å²) in [6.45, 7) is 3.49. The van der Waals surface area contributed by atoms with Crippen LogP contribution in [0.15, 0.2) is 71.6 Å². The maximum absolute atomic E-state index is 12.8. The molecule has 0 spiro atoms. The van der Waals surface area contributed by atoms with Gasteiger partial charge in [0.05, 0.1) is 23.4 Å². The highest BCUT2D eigenvalue weighted by atomic mass is 32.2. The second-order valence-electron chi connectivity index (χ2n) is 7.05. The van der Waals surface area contributed by atoms with Gasteiger partial charge in [0, 0.05) is 0 Å². The maximum atomic E-state index is 12.8. The number of amides is 1. The molecular weight excluding hydrogens is 432 g/mol. The number of carbonyl (C=O) groups is 1. The van der Waals surface area contributed by atoms with Crippen LogP contribution in [0.25, 0.3) is 0 Å². The molecule has 9 heteroatoms. The number of phenols is 1. The molecule has 3 rings (SSSR count). The number of carbonyl (C=O) groups excluding carboxylic acids is 1. The summed E-state index contributed by atoms with van der Waals surface area (Å²) in [5, 5.41) is 12.6. The second-order valence-corrected chi connectivity index (χ2v) is 8.73. The van der Waals surface area contributed by atoms with E-state index in [1.807, 2.05) is 19.1 Å². The Labute approximate surface area is 186 Å². The molecule has 1 amide bonds. The highest BCUT2D eigenvalue weighted by Crippen LogP contribution is 2.30. The monoisotopic (exact) mass is 456 g/mol. The lowest BCUT2D eigenvalue weighted by atomic mass is 10.2. The number of phenolic OH excluding ortho intramolecular Hbond substituents is 1. The fraction of sp³-hybridized carbons (Fsp3) is 0.174. The lowest BCUT2D eigenvalue weighted by Gasteiger charge is -2.16. The third kappa shape index (κ3) is 5.50. The highest BCUT2D eigenvalue weighted by Gasteiger charge is 2.21. The van der Waals surface area contributed by atoms with E-state index in [4.69, 9.17) is 9.47 Å². The Morgan fingerprint density at radius 1 is 1.00 bits per heavy atom. The number of anilines is 2. The molecule has 0 bridgehead atoms. The molecule has 32 heavy (non-hydrogen) atoms. The molecule has 0 unspecified atom stereocenters. The number of hydrogen-bond donors (Lipinski definition) is 3. The summed E-state index contributed by atoms with van der Waals surface area (Å²) in [6.07, 6.45) is -0.885. The first-order chi connectivity index (χ1) is 15.2. The van der Waals surface area contributed by atoms with Crippen molar-refractivity contribution in [1.82, 2.24) is 0 Å². The van der Waals surface area contributed by atoms with E-state index in [-0.39, 0.29) is 22.0 Å². The number of sulfonamides is 1. The van der Waals surface area contributed by atoms with Gasteiger partial charge in [0.15, 0.2) is 6.10 Å². The number of ether oxygens (including phenoxy) is 2. The van der Waals surface area contributed by atoms with Crippen molar-refractivity contribution in [3.05, 3.63) is 72.3 Å². The molecule has 3 aromatic rings. The summed E-state index contributed by atoms with van der Waals surface area (Å²) in [5.74, 6) is 0.0375. The van der Waals surface area contributed by atoms with Crippen LogP contribution in [-0.2, 0) is 14.8 Å². The number of hydrogen-bond acceptors (Lipinski definition) is 6. The molecule has 0 saturated heterocycles. The Bertz CT molecular complexity index is 1210. The third-order valence-electron chi connectivity index (χ3n) is 4.59. The SMILES string of the molecule is COc1ccccc1NS(=O)(=O)c1ccc(O)c(NC(=O)[C@H](C)Oc2ccc(C)cc2)c1. The van der Waals surface area contributed by atoms with E-state index in [1.165, 1.54) is 25.3 Å². The summed E-state index contributed by atoms with van der Waals surface area (Å²) >= 11 is 0. The fourth-order valence-corrected chi connectivity index (χ4v) is 3.92. The van der Waals surface area contributed by atoms with Gasteiger partial charge >= 0.3 is 0 Å². The Kier molecular flexibility index (Phi) is 6.89. The lowest BCUT2D eigenvalue weighted by molar-refractivity contribution is -0.122. The van der Waals surface area contributed by atoms with E-state index in [2.05, 4.69) is 10.0 Å². The topological polar surface area (TPSA) is 114 Å². The van der Waals surface area contributed by atoms with Crippen molar-refractivity contribution in [1.29, 1.82) is 0 Å². The zero-order valence-corrected chi connectivity index (χ0v) is 18.6. The van der Waals surface area contributed by atoms with E-state index in [0.717, 1.165) is 5.56 Å². The van der Waals surface area contributed by atoms with Crippen LogP contribution in [0.4, 0.5) is 11.4 Å². The summed E-state index contributed by atoms with van der Waals surface area (Å²) in [6, 6.07) is 17.4. The predicted octanol–water partition coefficient (Wildman–Crippen LogP) is 3.92. The summed E-state index contributed by atoms with van der Waals surface area (Å²) < 4.78 is 38.9. The molecular formula is C23H24N2O6S. The molecule has 168 valence electrons. The van der Waals surface area contributed by atoms with Crippen molar-refractivity contribution in [2.45, 2.75) is 24.8 Å². The predicted molar refractivity (Wildman–Crippen MR) is 122 cm³/mol. The largest absolute Gasteiger partial charge is 0.506 e. The van der Waals surface area contributed by atoms with Gasteiger partial charge in [-0.25, -0.2) is 8.42 Å². The van der Waals surface area contributed by atoms with Gasteiger partial charge in [-0.3, -0.25) is 9.52 Å². The number of rotatable bonds is 8. The van der Waals surface area contributed by atoms with Gasteiger partial charge in [0.2, 0.25) is 0 Å². The van der Waals surface area contributed by atoms with Crippen molar-refractivity contribution < 1.29 is 27.8 Å². The van der Waals surface area contributed by atoms with Crippen LogP contribution >= 0.6 is 0 Å². The molecule has 0 saturated carbocycles. The second kappa shape index (κ2) is 9.61. The van der Waals surface area contributed by atoms with Crippen LogP contribution in [0.3, 0.4) is 0 Å². The molecule has 0 radical (unpaired) electrons. The summed E-state index contributed by atoms with van der Waals surface area (Å²) in [5.41, 5.74) is 1.25. The van der Waals surface area contributed by atoms with Crippen LogP contribution in [0.2, 0.25) is 0 Å². The minimum Gasteiger partial charge on any atom is -0.506 e. The van der Waals surface area contributed by atoms with Gasteiger partial charge in [0.1, 0.15) is 17.2 Å². The number of benzene rings is 3. The number of para-hydroxylation sites is 2. The maximum Gasteiger partial charge on any atom is 0.265 e. The zero-order chi connectivity index (χ0) is 23.3. The number of nitrogens with one attached hydrogen (secondary N) is 2. The number of methoxy groups -OCH3 is 1. The molecule has 0 heterocycles. The van der Waals surface area contributed by atoms with Crippen molar-refractivity contribution in [2.75, 3.05) is 17.1 Å². The Hall–Kier alpha value is -3.72. The van der Waals surface area contributed by atoms with Crippen LogP contribution in [0, 0.1) is 6.92 Å². The smallest absolute Gasteiger partial charge is 0.265 e. The van der Waals surface area contributed by atoms with E-state index < -0.39 is 22.0 Å². The van der Waals surface area contributed by atoms with Crippen LogP contribution < -0.4 is 19.5 Å². The molecule has 8 nitrogen and oxygen atoms in total. The Morgan fingerprint density at radius 2 is 1.69 bits per heavy atom. The first kappa shape index (κ1) is 23.0. The van der Waals surface area contributed by atoms with E-state index in [0.29, 0.717) is 11.5 Å². The molecule has 0 aliphatic carbocycles. The standard InChI is InChI=1S/C23H24N2O6S/c1-15-8-10-17(11-9-15)31-16(2)23(27)24-20-14-18(12-13-21(20)26)32(28,29)25-19-6-4-5-7-22(19)30-3/h4-14,16,25-26H,1-3H3,(H,24,27)/t16-/m0/s1. The molecule has 1 atom stereocenters.